The van der Waals surface area contributed by atoms with Gasteiger partial charge in [0.15, 0.2) is 0 Å². The first-order chi connectivity index (χ1) is 26.7. The zero-order valence-electron chi connectivity index (χ0n) is 34.3. The Morgan fingerprint density at radius 1 is 1.05 bits per heavy atom. The molecule has 3 N–H and O–H groups in total. The van der Waals surface area contributed by atoms with Crippen molar-refractivity contribution < 1.29 is 29.4 Å². The fourth-order valence-electron chi connectivity index (χ4n) is 10.3. The second-order valence-electron chi connectivity index (χ2n) is 17.6. The summed E-state index contributed by atoms with van der Waals surface area (Å²) in [4.78, 5) is 41.2. The van der Waals surface area contributed by atoms with Crippen molar-refractivity contribution in [2.24, 2.45) is 29.1 Å². The minimum Gasteiger partial charge on any atom is -0.496 e. The molecule has 9 atom stereocenters. The number of anilines is 1. The number of benzene rings is 3. The lowest BCUT2D eigenvalue weighted by molar-refractivity contribution is -0.183. The largest absolute Gasteiger partial charge is 0.496 e. The molecule has 0 aromatic heterocycles. The van der Waals surface area contributed by atoms with Crippen molar-refractivity contribution in [1.29, 1.82) is 0 Å². The summed E-state index contributed by atoms with van der Waals surface area (Å²) in [5, 5.41) is 26.4. The number of likely N-dealkylation sites (N-methyl/N-ethyl adjacent to an activating group) is 1. The van der Waals surface area contributed by atoms with E-state index in [1.54, 1.807) is 19.1 Å². The topological polar surface area (TPSA) is 118 Å². The van der Waals surface area contributed by atoms with Crippen LogP contribution in [0.15, 0.2) is 66.7 Å². The van der Waals surface area contributed by atoms with Gasteiger partial charge in [0.1, 0.15) is 17.9 Å². The molecule has 0 radical (unpaired) electrons. The molecule has 302 valence electrons. The summed E-state index contributed by atoms with van der Waals surface area (Å²) in [5.41, 5.74) is 5.34. The van der Waals surface area contributed by atoms with Gasteiger partial charge in [-0.25, -0.2) is 0 Å². The Labute approximate surface area is 332 Å². The van der Waals surface area contributed by atoms with Crippen molar-refractivity contribution >= 4 is 17.5 Å². The smallest absolute Gasteiger partial charge is 0.254 e. The average Bonchev–Trinajstić information content (AvgIpc) is 3.57. The van der Waals surface area contributed by atoms with Gasteiger partial charge in [0.05, 0.1) is 32.4 Å². The maximum absolute atomic E-state index is 14.3. The number of methoxy groups -OCH3 is 1. The molecule has 2 heterocycles. The second-order valence-corrected chi connectivity index (χ2v) is 17.6. The quantitative estimate of drug-likeness (QED) is 0.242. The van der Waals surface area contributed by atoms with E-state index in [9.17, 15) is 19.8 Å². The molecule has 3 saturated carbocycles. The predicted octanol–water partition coefficient (Wildman–Crippen LogP) is 5.22. The summed E-state index contributed by atoms with van der Waals surface area (Å²) in [6.45, 7) is 10.4. The SMILES string of the molecule is COc1c(CN2O[C@@H](CO)[C@H]([C@H](C)O)[C@H]2C(=O)N[C@H]2C[C@H]3C[C@H]([C@@H]2C)C3(C)C)cccc1-c1cc(C(=O)N2CCN(C)C(c3ccccc3)C2)cc(N(C)C)c1. The minimum atomic E-state index is -0.898. The normalized spacial score (nSPS) is 29.4. The fraction of sp³-hybridized carbons (Fsp3) is 0.556. The summed E-state index contributed by atoms with van der Waals surface area (Å²) in [5.74, 6) is 1.20. The highest BCUT2D eigenvalue weighted by Gasteiger charge is 2.57. The van der Waals surface area contributed by atoms with E-state index in [4.69, 9.17) is 9.57 Å². The van der Waals surface area contributed by atoms with Crippen LogP contribution in [0, 0.1) is 29.1 Å². The molecule has 3 aromatic rings. The van der Waals surface area contributed by atoms with Gasteiger partial charge in [0.25, 0.3) is 5.91 Å². The van der Waals surface area contributed by atoms with Gasteiger partial charge in [0.2, 0.25) is 5.91 Å². The molecule has 2 bridgehead atoms. The molecular formula is C45H61N5O6. The lowest BCUT2D eigenvalue weighted by Crippen LogP contribution is -2.62. The van der Waals surface area contributed by atoms with Gasteiger partial charge < -0.3 is 30.1 Å². The lowest BCUT2D eigenvalue weighted by Gasteiger charge is -2.62. The molecule has 2 saturated heterocycles. The number of fused-ring (bicyclic) bond motifs is 2. The standard InChI is InChI=1S/C45H61N5O6/c1-27-36-22-33(45(36,3)4)23-37(27)46-43(53)41-40(28(2)52)39(26-51)56-50(41)24-30-15-12-16-35(42(30)55-8)31-19-32(21-34(20-31)47(5)6)44(54)49-18-17-48(7)38(25-49)29-13-10-9-11-14-29/h9-16,19-21,27-28,33,36-41,51-52H,17-18,22-26H2,1-8H3,(H,46,53)/t27-,28-,33+,36+,37-,38?,39-,40-,41-/m0/s1. The number of nitrogens with zero attached hydrogens (tertiary/aromatic N) is 4. The Bertz CT molecular complexity index is 1890. The van der Waals surface area contributed by atoms with E-state index in [2.05, 4.69) is 56.2 Å². The monoisotopic (exact) mass is 767 g/mol. The number of rotatable bonds is 11. The summed E-state index contributed by atoms with van der Waals surface area (Å²) >= 11 is 0. The molecule has 56 heavy (non-hydrogen) atoms. The molecule has 11 heteroatoms. The fourth-order valence-corrected chi connectivity index (χ4v) is 10.3. The zero-order valence-corrected chi connectivity index (χ0v) is 34.3. The molecule has 2 amide bonds. The van der Waals surface area contributed by atoms with Crippen LogP contribution < -0.4 is 15.0 Å². The van der Waals surface area contributed by atoms with Gasteiger partial charge >= 0.3 is 0 Å². The van der Waals surface area contributed by atoms with Crippen molar-refractivity contribution in [1.82, 2.24) is 20.2 Å². The van der Waals surface area contributed by atoms with E-state index in [1.165, 1.54) is 12.0 Å². The first-order valence-corrected chi connectivity index (χ1v) is 20.3. The Morgan fingerprint density at radius 2 is 1.80 bits per heavy atom. The van der Waals surface area contributed by atoms with Crippen molar-refractivity contribution in [2.45, 2.75) is 77.4 Å². The van der Waals surface area contributed by atoms with Crippen LogP contribution in [0.25, 0.3) is 11.1 Å². The molecule has 8 rings (SSSR count). The number of hydroxylamine groups is 2. The van der Waals surface area contributed by atoms with E-state index < -0.39 is 24.2 Å². The van der Waals surface area contributed by atoms with Crippen molar-refractivity contribution in [3.8, 4) is 16.9 Å². The van der Waals surface area contributed by atoms with Crippen LogP contribution in [-0.4, -0.2) is 116 Å². The predicted molar refractivity (Wildman–Crippen MR) is 218 cm³/mol. The maximum Gasteiger partial charge on any atom is 0.254 e. The highest BCUT2D eigenvalue weighted by molar-refractivity contribution is 5.97. The first-order valence-electron chi connectivity index (χ1n) is 20.3. The number of hydrogen-bond donors (Lipinski definition) is 3. The highest BCUT2D eigenvalue weighted by atomic mass is 16.7. The third-order valence-corrected chi connectivity index (χ3v) is 13.8. The Kier molecular flexibility index (Phi) is 11.6. The van der Waals surface area contributed by atoms with Gasteiger partial charge in [-0.2, -0.15) is 5.06 Å². The third-order valence-electron chi connectivity index (χ3n) is 13.8. The number of aliphatic hydroxyl groups is 2. The molecule has 3 aliphatic carbocycles. The average molecular weight is 768 g/mol. The molecule has 11 nitrogen and oxygen atoms in total. The number of hydrogen-bond acceptors (Lipinski definition) is 9. The van der Waals surface area contributed by atoms with Crippen molar-refractivity contribution in [3.05, 3.63) is 83.4 Å². The first kappa shape index (κ1) is 40.2. The van der Waals surface area contributed by atoms with Crippen LogP contribution in [0.2, 0.25) is 0 Å². The van der Waals surface area contributed by atoms with Gasteiger partial charge in [-0.3, -0.25) is 19.3 Å². The van der Waals surface area contributed by atoms with E-state index in [0.717, 1.165) is 35.3 Å². The Hall–Kier alpha value is -4.00. The van der Waals surface area contributed by atoms with Gasteiger partial charge in [-0.05, 0) is 79.3 Å². The number of ether oxygens (including phenoxy) is 1. The number of carbonyl (C=O) groups is 2. The van der Waals surface area contributed by atoms with Crippen LogP contribution in [0.3, 0.4) is 0 Å². The Balaban J connectivity index is 1.17. The molecule has 0 spiro atoms. The number of para-hydroxylation sites is 1. The lowest BCUT2D eigenvalue weighted by atomic mass is 9.45. The second kappa shape index (κ2) is 16.1. The molecular weight excluding hydrogens is 707 g/mol. The minimum absolute atomic E-state index is 0.0224. The molecule has 5 aliphatic rings. The van der Waals surface area contributed by atoms with Crippen LogP contribution in [0.4, 0.5) is 5.69 Å². The van der Waals surface area contributed by atoms with Crippen molar-refractivity contribution in [3.63, 3.8) is 0 Å². The highest BCUT2D eigenvalue weighted by Crippen LogP contribution is 2.61. The van der Waals surface area contributed by atoms with E-state index in [1.807, 2.05) is 72.4 Å². The maximum atomic E-state index is 14.3. The van der Waals surface area contributed by atoms with Crippen LogP contribution >= 0.6 is 0 Å². The third kappa shape index (κ3) is 7.44. The summed E-state index contributed by atoms with van der Waals surface area (Å²) in [6.07, 6.45) is 0.486. The van der Waals surface area contributed by atoms with E-state index in [0.29, 0.717) is 42.2 Å². The number of nitrogens with one attached hydrogen (secondary N) is 1. The number of piperazine rings is 1. The van der Waals surface area contributed by atoms with E-state index >= 15 is 0 Å². The molecule has 1 unspecified atom stereocenters. The summed E-state index contributed by atoms with van der Waals surface area (Å²) in [6, 6.07) is 21.5. The van der Waals surface area contributed by atoms with Crippen LogP contribution in [0.1, 0.15) is 68.1 Å². The number of aliphatic hydroxyl groups excluding tert-OH is 2. The number of carbonyl (C=O) groups excluding carboxylic acids is 2. The molecule has 2 aliphatic heterocycles. The summed E-state index contributed by atoms with van der Waals surface area (Å²) in [7, 11) is 7.66. The van der Waals surface area contributed by atoms with Gasteiger partial charge in [0, 0.05) is 68.1 Å². The zero-order chi connectivity index (χ0) is 40.1. The number of amides is 2. The van der Waals surface area contributed by atoms with Crippen LogP contribution in [-0.2, 0) is 16.2 Å². The Morgan fingerprint density at radius 3 is 2.45 bits per heavy atom. The molecule has 3 aromatic carbocycles. The van der Waals surface area contributed by atoms with Gasteiger partial charge in [-0.15, -0.1) is 0 Å². The van der Waals surface area contributed by atoms with E-state index in [-0.39, 0.29) is 42.5 Å². The summed E-state index contributed by atoms with van der Waals surface area (Å²) < 4.78 is 6.13. The van der Waals surface area contributed by atoms with Crippen LogP contribution in [0.5, 0.6) is 5.75 Å². The van der Waals surface area contributed by atoms with Crippen molar-refractivity contribution in [2.75, 3.05) is 59.4 Å². The molecule has 5 fully saturated rings. The van der Waals surface area contributed by atoms with Gasteiger partial charge in [-0.1, -0.05) is 69.3 Å².